The highest BCUT2D eigenvalue weighted by atomic mass is 32.2. The van der Waals surface area contributed by atoms with Gasteiger partial charge in [0.25, 0.3) is 0 Å². The molecule has 1 aliphatic heterocycles. The Morgan fingerprint density at radius 2 is 1.93 bits per heavy atom. The van der Waals surface area contributed by atoms with E-state index in [2.05, 4.69) is 34.9 Å². The average molecular weight is 397 g/mol. The van der Waals surface area contributed by atoms with Gasteiger partial charge in [-0.15, -0.1) is 11.8 Å². The molecule has 0 spiro atoms. The number of hydrogen-bond acceptors (Lipinski definition) is 2. The molecule has 2 heterocycles. The highest BCUT2D eigenvalue weighted by Crippen LogP contribution is 2.53. The fourth-order valence-corrected chi connectivity index (χ4v) is 5.49. The van der Waals surface area contributed by atoms with Crippen molar-refractivity contribution in [1.29, 1.82) is 0 Å². The minimum Gasteiger partial charge on any atom is -0.342 e. The van der Waals surface area contributed by atoms with Crippen LogP contribution in [0.4, 0.5) is 4.39 Å². The molecule has 0 saturated heterocycles. The third kappa shape index (κ3) is 2.93. The molecule has 146 valence electrons. The predicted octanol–water partition coefficient (Wildman–Crippen LogP) is 5.60. The first-order chi connectivity index (χ1) is 13.6. The molecule has 1 atom stereocenters. The number of likely N-dealkylation sites (N-methyl/N-ethyl adjacent to an activating group) is 1. The van der Waals surface area contributed by atoms with Crippen LogP contribution < -0.4 is 0 Å². The molecule has 0 fully saturated rings. The number of amides is 1. The molecular formula is C23H25FN2OS. The highest BCUT2D eigenvalue weighted by Gasteiger charge is 2.37. The van der Waals surface area contributed by atoms with Gasteiger partial charge < -0.3 is 9.47 Å². The molecule has 2 aromatic carbocycles. The number of hydrogen-bond donors (Lipinski definition) is 0. The molecule has 5 heteroatoms. The number of aromatic nitrogens is 1. The number of aryl methyl sites for hydroxylation is 2. The summed E-state index contributed by atoms with van der Waals surface area (Å²) < 4.78 is 15.6. The van der Waals surface area contributed by atoms with Crippen LogP contribution in [0.3, 0.4) is 0 Å². The topological polar surface area (TPSA) is 25.2 Å². The lowest BCUT2D eigenvalue weighted by Gasteiger charge is -2.29. The Balaban J connectivity index is 2.04. The van der Waals surface area contributed by atoms with Gasteiger partial charge in [-0.2, -0.15) is 0 Å². The van der Waals surface area contributed by atoms with Crippen LogP contribution in [-0.4, -0.2) is 35.1 Å². The third-order valence-electron chi connectivity index (χ3n) is 5.52. The molecular weight excluding hydrogens is 371 g/mol. The Hall–Kier alpha value is -2.27. The number of benzene rings is 2. The van der Waals surface area contributed by atoms with Gasteiger partial charge in [0.2, 0.25) is 5.91 Å². The minimum atomic E-state index is -0.436. The fraction of sp³-hybridized carbons (Fsp3) is 0.348. The van der Waals surface area contributed by atoms with Crippen molar-refractivity contribution < 1.29 is 9.18 Å². The number of halogens is 1. The molecule has 28 heavy (non-hydrogen) atoms. The van der Waals surface area contributed by atoms with Crippen molar-refractivity contribution in [1.82, 2.24) is 9.47 Å². The van der Waals surface area contributed by atoms with Crippen LogP contribution in [0.5, 0.6) is 0 Å². The van der Waals surface area contributed by atoms with Gasteiger partial charge >= 0.3 is 0 Å². The Morgan fingerprint density at radius 1 is 1.18 bits per heavy atom. The maximum atomic E-state index is 13.5. The lowest BCUT2D eigenvalue weighted by atomic mass is 10.00. The van der Waals surface area contributed by atoms with Crippen molar-refractivity contribution in [2.45, 2.75) is 37.5 Å². The number of carbonyl (C=O) groups excluding carboxylic acids is 1. The van der Waals surface area contributed by atoms with E-state index in [0.29, 0.717) is 19.6 Å². The normalized spacial score (nSPS) is 15.4. The molecule has 0 bridgehead atoms. The zero-order chi connectivity index (χ0) is 19.8. The maximum Gasteiger partial charge on any atom is 0.240 e. The van der Waals surface area contributed by atoms with E-state index in [4.69, 9.17) is 0 Å². The first-order valence-corrected chi connectivity index (χ1v) is 10.7. The van der Waals surface area contributed by atoms with Crippen LogP contribution in [0.25, 0.3) is 22.2 Å². The van der Waals surface area contributed by atoms with Crippen LogP contribution >= 0.6 is 11.8 Å². The number of carbonyl (C=O) groups is 1. The Morgan fingerprint density at radius 3 is 2.64 bits per heavy atom. The Kier molecular flexibility index (Phi) is 5.19. The van der Waals surface area contributed by atoms with Gasteiger partial charge in [0.05, 0.1) is 12.2 Å². The van der Waals surface area contributed by atoms with E-state index in [0.717, 1.165) is 38.2 Å². The molecule has 1 aliphatic rings. The van der Waals surface area contributed by atoms with Crippen LogP contribution in [0.1, 0.15) is 30.2 Å². The van der Waals surface area contributed by atoms with Crippen molar-refractivity contribution in [3.05, 3.63) is 53.6 Å². The zero-order valence-corrected chi connectivity index (χ0v) is 17.4. The van der Waals surface area contributed by atoms with Crippen molar-refractivity contribution in [3.8, 4) is 11.3 Å². The molecule has 4 rings (SSSR count). The third-order valence-corrected chi connectivity index (χ3v) is 6.80. The van der Waals surface area contributed by atoms with Crippen molar-refractivity contribution in [3.63, 3.8) is 0 Å². The summed E-state index contributed by atoms with van der Waals surface area (Å²) in [6.07, 6.45) is 0. The molecule has 0 saturated carbocycles. The summed E-state index contributed by atoms with van der Waals surface area (Å²) in [6.45, 7) is 7.30. The van der Waals surface area contributed by atoms with Gasteiger partial charge in [0.15, 0.2) is 0 Å². The Labute approximate surface area is 169 Å². The van der Waals surface area contributed by atoms with E-state index < -0.39 is 6.67 Å². The highest BCUT2D eigenvalue weighted by molar-refractivity contribution is 8.00. The lowest BCUT2D eigenvalue weighted by molar-refractivity contribution is -0.130. The van der Waals surface area contributed by atoms with E-state index >= 15 is 0 Å². The van der Waals surface area contributed by atoms with Crippen LogP contribution in [0.15, 0.2) is 47.4 Å². The number of alkyl halides is 1. The van der Waals surface area contributed by atoms with E-state index in [1.54, 1.807) is 11.8 Å². The van der Waals surface area contributed by atoms with Gasteiger partial charge in [-0.05, 0) is 38.5 Å². The summed E-state index contributed by atoms with van der Waals surface area (Å²) in [5, 5.41) is 0.748. The molecule has 1 aromatic heterocycles. The van der Waals surface area contributed by atoms with Crippen LogP contribution in [0, 0.1) is 6.92 Å². The quantitative estimate of drug-likeness (QED) is 0.561. The number of rotatable bonds is 5. The second kappa shape index (κ2) is 7.63. The minimum absolute atomic E-state index is 0.130. The number of thioether (sulfide) groups is 1. The maximum absolute atomic E-state index is 13.5. The summed E-state index contributed by atoms with van der Waals surface area (Å²) in [7, 11) is 0. The van der Waals surface area contributed by atoms with Crippen LogP contribution in [-0.2, 0) is 11.3 Å². The van der Waals surface area contributed by atoms with E-state index in [1.165, 1.54) is 0 Å². The van der Waals surface area contributed by atoms with Crippen molar-refractivity contribution in [2.75, 3.05) is 19.8 Å². The van der Waals surface area contributed by atoms with Gasteiger partial charge in [-0.1, -0.05) is 30.3 Å². The largest absolute Gasteiger partial charge is 0.342 e. The summed E-state index contributed by atoms with van der Waals surface area (Å²) in [5.41, 5.74) is 5.27. The lowest BCUT2D eigenvalue weighted by Crippen LogP contribution is -2.34. The summed E-state index contributed by atoms with van der Waals surface area (Å²) in [4.78, 5) is 16.4. The van der Waals surface area contributed by atoms with Gasteiger partial charge in [-0.3, -0.25) is 4.79 Å². The first-order valence-electron chi connectivity index (χ1n) is 9.84. The SMILES string of the molecule is CCN(CC)C(=O)C1Sc2ccccc2-c2c1c1ccc(C)cc1n2CCF. The molecule has 3 aromatic rings. The summed E-state index contributed by atoms with van der Waals surface area (Å²) in [6, 6.07) is 14.4. The molecule has 1 amide bonds. The standard InChI is InChI=1S/C23H25FN2OS/c1-4-25(5-2)23(27)22-20-16-11-10-15(3)14-18(16)26(13-12-24)21(20)17-8-6-7-9-19(17)28-22/h6-11,14,22H,4-5,12-13H2,1-3H3. The van der Waals surface area contributed by atoms with E-state index in [1.807, 2.05) is 37.8 Å². The van der Waals surface area contributed by atoms with Gasteiger partial charge in [-0.25, -0.2) is 4.39 Å². The Bertz CT molecular complexity index is 1040. The summed E-state index contributed by atoms with van der Waals surface area (Å²) in [5.74, 6) is 0.130. The second-order valence-electron chi connectivity index (χ2n) is 7.13. The van der Waals surface area contributed by atoms with E-state index in [-0.39, 0.29) is 11.2 Å². The molecule has 0 N–H and O–H groups in total. The molecule has 0 aliphatic carbocycles. The number of nitrogens with zero attached hydrogens (tertiary/aromatic N) is 2. The first kappa shape index (κ1) is 19.1. The van der Waals surface area contributed by atoms with Crippen LogP contribution in [0.2, 0.25) is 0 Å². The molecule has 0 radical (unpaired) electrons. The average Bonchev–Trinajstić information content (AvgIpc) is 3.02. The molecule has 3 nitrogen and oxygen atoms in total. The fourth-order valence-electron chi connectivity index (χ4n) is 4.18. The van der Waals surface area contributed by atoms with Gasteiger partial charge in [0.1, 0.15) is 11.9 Å². The predicted molar refractivity (Wildman–Crippen MR) is 115 cm³/mol. The zero-order valence-electron chi connectivity index (χ0n) is 16.5. The summed E-state index contributed by atoms with van der Waals surface area (Å²) >= 11 is 1.62. The monoisotopic (exact) mass is 396 g/mol. The van der Waals surface area contributed by atoms with Crippen molar-refractivity contribution in [2.24, 2.45) is 0 Å². The van der Waals surface area contributed by atoms with Gasteiger partial charge in [0, 0.05) is 40.0 Å². The smallest absolute Gasteiger partial charge is 0.240 e. The number of fused-ring (bicyclic) bond motifs is 5. The second-order valence-corrected chi connectivity index (χ2v) is 8.28. The van der Waals surface area contributed by atoms with Crippen molar-refractivity contribution >= 4 is 28.6 Å². The molecule has 1 unspecified atom stereocenters. The van der Waals surface area contributed by atoms with E-state index in [9.17, 15) is 9.18 Å².